The van der Waals surface area contributed by atoms with Gasteiger partial charge in [0, 0.05) is 12.4 Å². The highest BCUT2D eigenvalue weighted by Gasteiger charge is 1.98. The number of nitrogens with zero attached hydrogens (tertiary/aromatic N) is 2. The van der Waals surface area contributed by atoms with Crippen LogP contribution >= 0.6 is 0 Å². The van der Waals surface area contributed by atoms with Crippen molar-refractivity contribution in [1.82, 2.24) is 9.55 Å². The number of nitrogens with two attached hydrogens (primary N) is 1. The third-order valence-electron chi connectivity index (χ3n) is 2.88. The molecule has 1 heterocycles. The van der Waals surface area contributed by atoms with E-state index in [2.05, 4.69) is 21.7 Å². The first-order valence-corrected chi connectivity index (χ1v) is 6.19. The van der Waals surface area contributed by atoms with Crippen LogP contribution in [0, 0.1) is 6.92 Å². The maximum atomic E-state index is 5.69. The molecule has 0 aliphatic rings. The highest BCUT2D eigenvalue weighted by molar-refractivity contribution is 5.27. The summed E-state index contributed by atoms with van der Waals surface area (Å²) in [5.41, 5.74) is 6.75. The average molecular weight is 245 g/mol. The van der Waals surface area contributed by atoms with Crippen LogP contribution in [0.4, 0.5) is 0 Å². The molecule has 18 heavy (non-hydrogen) atoms. The standard InChI is InChI=1S/C14H19N3O/c1-12-16-8-9-17(12)10-11-18-14-4-2-13(3-5-14)6-7-15/h2-5,8-9H,6-7,10-11,15H2,1H3. The summed E-state index contributed by atoms with van der Waals surface area (Å²) in [4.78, 5) is 4.17. The number of rotatable bonds is 6. The maximum absolute atomic E-state index is 5.69. The molecule has 0 saturated carbocycles. The summed E-state index contributed by atoms with van der Waals surface area (Å²) in [7, 11) is 0. The number of hydrogen-bond acceptors (Lipinski definition) is 3. The van der Waals surface area contributed by atoms with Crippen LogP contribution in [0.3, 0.4) is 0 Å². The van der Waals surface area contributed by atoms with Gasteiger partial charge < -0.3 is 15.0 Å². The van der Waals surface area contributed by atoms with Gasteiger partial charge in [0.15, 0.2) is 0 Å². The Kier molecular flexibility index (Phi) is 4.36. The quantitative estimate of drug-likeness (QED) is 0.844. The summed E-state index contributed by atoms with van der Waals surface area (Å²) in [5.74, 6) is 1.91. The Morgan fingerprint density at radius 3 is 2.67 bits per heavy atom. The van der Waals surface area contributed by atoms with E-state index >= 15 is 0 Å². The van der Waals surface area contributed by atoms with E-state index in [1.165, 1.54) is 5.56 Å². The van der Waals surface area contributed by atoms with Gasteiger partial charge in [-0.2, -0.15) is 0 Å². The molecule has 1 aromatic heterocycles. The van der Waals surface area contributed by atoms with Gasteiger partial charge in [-0.15, -0.1) is 0 Å². The van der Waals surface area contributed by atoms with Crippen LogP contribution in [0.5, 0.6) is 5.75 Å². The molecule has 4 heteroatoms. The van der Waals surface area contributed by atoms with E-state index in [0.29, 0.717) is 13.2 Å². The van der Waals surface area contributed by atoms with Crippen molar-refractivity contribution >= 4 is 0 Å². The van der Waals surface area contributed by atoms with Gasteiger partial charge in [-0.1, -0.05) is 12.1 Å². The van der Waals surface area contributed by atoms with Gasteiger partial charge >= 0.3 is 0 Å². The van der Waals surface area contributed by atoms with Crippen molar-refractivity contribution in [2.75, 3.05) is 13.2 Å². The number of benzene rings is 1. The van der Waals surface area contributed by atoms with Crippen molar-refractivity contribution in [1.29, 1.82) is 0 Å². The Labute approximate surface area is 107 Å². The van der Waals surface area contributed by atoms with E-state index in [1.807, 2.05) is 25.3 Å². The fourth-order valence-electron chi connectivity index (χ4n) is 1.82. The minimum Gasteiger partial charge on any atom is -0.492 e. The minimum atomic E-state index is 0.646. The maximum Gasteiger partial charge on any atom is 0.119 e. The van der Waals surface area contributed by atoms with E-state index in [1.54, 1.807) is 6.20 Å². The molecule has 2 aromatic rings. The lowest BCUT2D eigenvalue weighted by molar-refractivity contribution is 0.297. The molecule has 0 spiro atoms. The molecule has 0 saturated heterocycles. The molecular formula is C14H19N3O. The van der Waals surface area contributed by atoms with Crippen LogP contribution < -0.4 is 10.5 Å². The summed E-state index contributed by atoms with van der Waals surface area (Å²) in [6.45, 7) is 4.13. The zero-order chi connectivity index (χ0) is 12.8. The first-order valence-electron chi connectivity index (χ1n) is 6.19. The van der Waals surface area contributed by atoms with Gasteiger partial charge in [0.2, 0.25) is 0 Å². The number of hydrogen-bond donors (Lipinski definition) is 1. The molecule has 0 amide bonds. The monoisotopic (exact) mass is 245 g/mol. The topological polar surface area (TPSA) is 53.1 Å². The molecule has 1 aromatic carbocycles. The normalized spacial score (nSPS) is 10.6. The number of imidazole rings is 1. The second-order valence-corrected chi connectivity index (χ2v) is 4.20. The lowest BCUT2D eigenvalue weighted by Crippen LogP contribution is -2.08. The van der Waals surface area contributed by atoms with E-state index in [4.69, 9.17) is 10.5 Å². The summed E-state index contributed by atoms with van der Waals surface area (Å²) in [6.07, 6.45) is 4.68. The first-order chi connectivity index (χ1) is 8.79. The Hall–Kier alpha value is -1.81. The summed E-state index contributed by atoms with van der Waals surface area (Å²) in [6, 6.07) is 8.10. The lowest BCUT2D eigenvalue weighted by atomic mass is 10.1. The Bertz CT molecular complexity index is 476. The van der Waals surface area contributed by atoms with Crippen LogP contribution in [-0.4, -0.2) is 22.7 Å². The molecule has 0 fully saturated rings. The Morgan fingerprint density at radius 2 is 2.06 bits per heavy atom. The van der Waals surface area contributed by atoms with Gasteiger partial charge in [0.1, 0.15) is 18.2 Å². The van der Waals surface area contributed by atoms with Crippen molar-refractivity contribution in [2.24, 2.45) is 5.73 Å². The fraction of sp³-hybridized carbons (Fsp3) is 0.357. The minimum absolute atomic E-state index is 0.646. The van der Waals surface area contributed by atoms with Gasteiger partial charge in [-0.25, -0.2) is 4.98 Å². The predicted molar refractivity (Wildman–Crippen MR) is 71.7 cm³/mol. The van der Waals surface area contributed by atoms with Crippen LogP contribution in [-0.2, 0) is 13.0 Å². The third-order valence-corrected chi connectivity index (χ3v) is 2.88. The van der Waals surface area contributed by atoms with Crippen molar-refractivity contribution in [2.45, 2.75) is 19.9 Å². The molecule has 0 aliphatic carbocycles. The van der Waals surface area contributed by atoms with Gasteiger partial charge in [-0.3, -0.25) is 0 Å². The smallest absolute Gasteiger partial charge is 0.119 e. The average Bonchev–Trinajstić information content (AvgIpc) is 2.78. The SMILES string of the molecule is Cc1nccn1CCOc1ccc(CCN)cc1. The number of ether oxygens (including phenoxy) is 1. The third kappa shape index (κ3) is 3.34. The van der Waals surface area contributed by atoms with Crippen LogP contribution in [0.15, 0.2) is 36.7 Å². The first kappa shape index (κ1) is 12.6. The van der Waals surface area contributed by atoms with E-state index in [9.17, 15) is 0 Å². The van der Waals surface area contributed by atoms with Crippen molar-refractivity contribution in [3.8, 4) is 5.75 Å². The second kappa shape index (κ2) is 6.21. The molecule has 0 radical (unpaired) electrons. The molecule has 0 aliphatic heterocycles. The largest absolute Gasteiger partial charge is 0.492 e. The summed E-state index contributed by atoms with van der Waals surface area (Å²) in [5, 5.41) is 0. The molecule has 96 valence electrons. The van der Waals surface area contributed by atoms with Crippen molar-refractivity contribution in [3.63, 3.8) is 0 Å². The highest BCUT2D eigenvalue weighted by Crippen LogP contribution is 2.12. The fourth-order valence-corrected chi connectivity index (χ4v) is 1.82. The summed E-state index contributed by atoms with van der Waals surface area (Å²) < 4.78 is 7.76. The zero-order valence-corrected chi connectivity index (χ0v) is 10.7. The second-order valence-electron chi connectivity index (χ2n) is 4.20. The molecule has 0 unspecified atom stereocenters. The van der Waals surface area contributed by atoms with Crippen molar-refractivity contribution in [3.05, 3.63) is 48.0 Å². The van der Waals surface area contributed by atoms with Gasteiger partial charge in [0.05, 0.1) is 6.54 Å². The predicted octanol–water partition coefficient (Wildman–Crippen LogP) is 1.77. The van der Waals surface area contributed by atoms with Gasteiger partial charge in [0.25, 0.3) is 0 Å². The summed E-state index contributed by atoms with van der Waals surface area (Å²) >= 11 is 0. The van der Waals surface area contributed by atoms with Crippen LogP contribution in [0.25, 0.3) is 0 Å². The van der Waals surface area contributed by atoms with Crippen molar-refractivity contribution < 1.29 is 4.74 Å². The van der Waals surface area contributed by atoms with E-state index in [0.717, 1.165) is 24.5 Å². The molecule has 4 nitrogen and oxygen atoms in total. The molecule has 2 N–H and O–H groups in total. The Morgan fingerprint density at radius 1 is 1.28 bits per heavy atom. The highest BCUT2D eigenvalue weighted by atomic mass is 16.5. The molecule has 0 bridgehead atoms. The number of aromatic nitrogens is 2. The van der Waals surface area contributed by atoms with Crippen LogP contribution in [0.1, 0.15) is 11.4 Å². The zero-order valence-electron chi connectivity index (χ0n) is 10.7. The molecule has 2 rings (SSSR count). The lowest BCUT2D eigenvalue weighted by Gasteiger charge is -2.08. The molecule has 0 atom stereocenters. The van der Waals surface area contributed by atoms with Gasteiger partial charge in [-0.05, 0) is 37.6 Å². The Balaban J connectivity index is 1.81. The van der Waals surface area contributed by atoms with E-state index in [-0.39, 0.29) is 0 Å². The number of aryl methyl sites for hydroxylation is 1. The molecular weight excluding hydrogens is 226 g/mol. The van der Waals surface area contributed by atoms with E-state index < -0.39 is 0 Å². The van der Waals surface area contributed by atoms with Crippen LogP contribution in [0.2, 0.25) is 0 Å².